The summed E-state index contributed by atoms with van der Waals surface area (Å²) in [5.74, 6) is 0. The van der Waals surface area contributed by atoms with Gasteiger partial charge in [-0.1, -0.05) is 90.1 Å². The number of hydrogen-bond acceptors (Lipinski definition) is 1. The number of rotatable bonds is 2. The highest BCUT2D eigenvalue weighted by Crippen LogP contribution is 2.24. The van der Waals surface area contributed by atoms with Crippen molar-refractivity contribution in [1.82, 2.24) is 0 Å². The molecule has 0 spiro atoms. The Morgan fingerprint density at radius 1 is 0.565 bits per heavy atom. The van der Waals surface area contributed by atoms with Gasteiger partial charge < -0.3 is 5.73 Å². The van der Waals surface area contributed by atoms with Crippen LogP contribution in [-0.4, -0.2) is 7.05 Å². The highest BCUT2D eigenvalue weighted by atomic mass is 14.4. The van der Waals surface area contributed by atoms with Crippen molar-refractivity contribution < 1.29 is 0 Å². The molecule has 0 amide bonds. The van der Waals surface area contributed by atoms with Gasteiger partial charge in [0.05, 0.1) is 0 Å². The monoisotopic (exact) mass is 311 g/mol. The molecule has 0 aromatic heterocycles. The van der Waals surface area contributed by atoms with E-state index in [4.69, 9.17) is 0 Å². The molecule has 2 N–H and O–H groups in total. The molecule has 0 aliphatic carbocycles. The van der Waals surface area contributed by atoms with Gasteiger partial charge in [0.1, 0.15) is 0 Å². The lowest BCUT2D eigenvalue weighted by molar-refractivity contribution is 0.590. The smallest absolute Gasteiger partial charge is 0.00258 e. The molecule has 0 fully saturated rings. The Bertz CT molecular complexity index is 522. The molecule has 1 heteroatoms. The van der Waals surface area contributed by atoms with E-state index in [1.165, 1.54) is 29.3 Å². The van der Waals surface area contributed by atoms with Crippen LogP contribution in [0.5, 0.6) is 0 Å². The highest BCUT2D eigenvalue weighted by molar-refractivity contribution is 5.33. The Labute approximate surface area is 142 Å². The minimum absolute atomic E-state index is 0.229. The molecule has 0 bridgehead atoms. The zero-order valence-corrected chi connectivity index (χ0v) is 15.9. The highest BCUT2D eigenvalue weighted by Gasteiger charge is 2.14. The molecule has 0 unspecified atom stereocenters. The van der Waals surface area contributed by atoms with Crippen LogP contribution < -0.4 is 5.73 Å². The van der Waals surface area contributed by atoms with Crippen LogP contribution in [0.3, 0.4) is 0 Å². The molecule has 2 aromatic rings. The van der Waals surface area contributed by atoms with Gasteiger partial charge in [0.15, 0.2) is 0 Å². The summed E-state index contributed by atoms with van der Waals surface area (Å²) in [6.07, 6.45) is 1.01. The van der Waals surface area contributed by atoms with Gasteiger partial charge in [0.25, 0.3) is 0 Å². The maximum absolute atomic E-state index is 4.50. The van der Waals surface area contributed by atoms with E-state index in [1.54, 1.807) is 0 Å². The summed E-state index contributed by atoms with van der Waals surface area (Å²) in [6.45, 7) is 13.5. The first-order chi connectivity index (χ1) is 10.7. The molecule has 0 saturated carbocycles. The molecular formula is C22H33N. The Balaban J connectivity index is 0.00000127. The fourth-order valence-corrected chi connectivity index (χ4v) is 2.48. The lowest BCUT2D eigenvalue weighted by Crippen LogP contribution is -2.11. The minimum atomic E-state index is 0.229. The maximum atomic E-state index is 4.50. The van der Waals surface area contributed by atoms with E-state index >= 15 is 0 Å². The molecule has 0 heterocycles. The normalized spacial score (nSPS) is 11.7. The first-order valence-corrected chi connectivity index (χ1v) is 8.43. The van der Waals surface area contributed by atoms with Gasteiger partial charge in [-0.25, -0.2) is 0 Å². The third-order valence-corrected chi connectivity index (χ3v) is 4.05. The van der Waals surface area contributed by atoms with E-state index in [-0.39, 0.29) is 10.8 Å². The van der Waals surface area contributed by atoms with Gasteiger partial charge in [-0.2, -0.15) is 0 Å². The van der Waals surface area contributed by atoms with E-state index in [1.807, 2.05) is 0 Å². The van der Waals surface area contributed by atoms with Crippen LogP contribution >= 0.6 is 0 Å². The molecule has 0 radical (unpaired) electrons. The van der Waals surface area contributed by atoms with Gasteiger partial charge in [-0.3, -0.25) is 0 Å². The molecule has 0 saturated heterocycles. The van der Waals surface area contributed by atoms with Crippen LogP contribution in [0.25, 0.3) is 0 Å². The predicted molar refractivity (Wildman–Crippen MR) is 103 cm³/mol. The van der Waals surface area contributed by atoms with Crippen molar-refractivity contribution in [2.75, 3.05) is 7.05 Å². The Kier molecular flexibility index (Phi) is 6.58. The third-order valence-electron chi connectivity index (χ3n) is 4.05. The van der Waals surface area contributed by atoms with Crippen molar-refractivity contribution in [3.63, 3.8) is 0 Å². The van der Waals surface area contributed by atoms with Crippen LogP contribution in [0.4, 0.5) is 0 Å². The lowest BCUT2D eigenvalue weighted by Gasteiger charge is -2.20. The average Bonchev–Trinajstić information content (AvgIpc) is 2.48. The molecule has 0 aliphatic heterocycles. The van der Waals surface area contributed by atoms with Gasteiger partial charge in [0.2, 0.25) is 0 Å². The second-order valence-corrected chi connectivity index (χ2v) is 8.07. The van der Waals surface area contributed by atoms with E-state index in [2.05, 4.69) is 95.8 Å². The Morgan fingerprint density at radius 3 is 1.04 bits per heavy atom. The van der Waals surface area contributed by atoms with Gasteiger partial charge in [-0.05, 0) is 46.6 Å². The van der Waals surface area contributed by atoms with E-state index in [0.717, 1.165) is 6.42 Å². The van der Waals surface area contributed by atoms with Crippen LogP contribution in [0.15, 0.2) is 48.5 Å². The minimum Gasteiger partial charge on any atom is -0.333 e. The fraction of sp³-hybridized carbons (Fsp3) is 0.455. The van der Waals surface area contributed by atoms with E-state index < -0.39 is 0 Å². The summed E-state index contributed by atoms with van der Waals surface area (Å²) in [5.41, 5.74) is 10.5. The molecule has 23 heavy (non-hydrogen) atoms. The van der Waals surface area contributed by atoms with Crippen molar-refractivity contribution in [1.29, 1.82) is 0 Å². The van der Waals surface area contributed by atoms with Crippen molar-refractivity contribution in [3.05, 3.63) is 70.8 Å². The topological polar surface area (TPSA) is 26.0 Å². The van der Waals surface area contributed by atoms with Crippen molar-refractivity contribution in [2.45, 2.75) is 58.8 Å². The van der Waals surface area contributed by atoms with Crippen molar-refractivity contribution in [2.24, 2.45) is 5.73 Å². The number of benzene rings is 2. The lowest BCUT2D eigenvalue weighted by atomic mass is 9.85. The summed E-state index contributed by atoms with van der Waals surface area (Å²) in [7, 11) is 1.50. The molecular weight excluding hydrogens is 278 g/mol. The summed E-state index contributed by atoms with van der Waals surface area (Å²) in [6, 6.07) is 18.1. The van der Waals surface area contributed by atoms with Crippen LogP contribution in [0.1, 0.15) is 63.8 Å². The van der Waals surface area contributed by atoms with Crippen molar-refractivity contribution in [3.8, 4) is 0 Å². The van der Waals surface area contributed by atoms with Gasteiger partial charge in [0, 0.05) is 0 Å². The van der Waals surface area contributed by atoms with Crippen LogP contribution in [0.2, 0.25) is 0 Å². The molecule has 2 aromatic carbocycles. The summed E-state index contributed by atoms with van der Waals surface area (Å²) < 4.78 is 0. The number of hydrogen-bond donors (Lipinski definition) is 1. The Hall–Kier alpha value is -1.60. The average molecular weight is 312 g/mol. The maximum Gasteiger partial charge on any atom is -0.00258 e. The summed E-state index contributed by atoms with van der Waals surface area (Å²) >= 11 is 0. The van der Waals surface area contributed by atoms with Crippen molar-refractivity contribution >= 4 is 0 Å². The molecule has 126 valence electrons. The second kappa shape index (κ2) is 7.79. The summed E-state index contributed by atoms with van der Waals surface area (Å²) in [5, 5.41) is 0. The largest absolute Gasteiger partial charge is 0.333 e. The summed E-state index contributed by atoms with van der Waals surface area (Å²) in [4.78, 5) is 0. The van der Waals surface area contributed by atoms with Gasteiger partial charge >= 0.3 is 0 Å². The first kappa shape index (κ1) is 19.4. The molecule has 0 atom stereocenters. The zero-order valence-electron chi connectivity index (χ0n) is 15.9. The SMILES string of the molecule is CC(C)(C)c1ccc(Cc2ccc(C(C)(C)C)cc2)cc1.CN. The predicted octanol–water partition coefficient (Wildman–Crippen LogP) is 5.45. The van der Waals surface area contributed by atoms with Crippen LogP contribution in [0, 0.1) is 0 Å². The quantitative estimate of drug-likeness (QED) is 0.784. The second-order valence-electron chi connectivity index (χ2n) is 8.07. The molecule has 0 aliphatic rings. The molecule has 2 rings (SSSR count). The zero-order chi connectivity index (χ0) is 17.7. The van der Waals surface area contributed by atoms with Crippen LogP contribution in [-0.2, 0) is 17.3 Å². The van der Waals surface area contributed by atoms with E-state index in [9.17, 15) is 0 Å². The molecule has 1 nitrogen and oxygen atoms in total. The number of nitrogens with two attached hydrogens (primary N) is 1. The van der Waals surface area contributed by atoms with E-state index in [0.29, 0.717) is 0 Å². The standard InChI is InChI=1S/C21H28.CH5N/c1-20(2,3)18-11-7-16(8-12-18)15-17-9-13-19(14-10-17)21(4,5)6;1-2/h7-14H,15H2,1-6H3;2H2,1H3. The third kappa shape index (κ3) is 5.84. The van der Waals surface area contributed by atoms with Gasteiger partial charge in [-0.15, -0.1) is 0 Å². The Morgan fingerprint density at radius 2 is 0.826 bits per heavy atom. The fourth-order valence-electron chi connectivity index (χ4n) is 2.48. The first-order valence-electron chi connectivity index (χ1n) is 8.43.